The lowest BCUT2D eigenvalue weighted by molar-refractivity contribution is -0.145. The predicted octanol–water partition coefficient (Wildman–Crippen LogP) is 2.47. The number of amides is 2. The molecule has 0 spiro atoms. The number of hydrogen-bond donors (Lipinski definition) is 2. The van der Waals surface area contributed by atoms with E-state index in [4.69, 9.17) is 5.73 Å². The molecule has 3 unspecified atom stereocenters. The van der Waals surface area contributed by atoms with Crippen molar-refractivity contribution in [2.75, 3.05) is 6.54 Å². The Morgan fingerprint density at radius 1 is 1.04 bits per heavy atom. The normalized spacial score (nSPS) is 35.0. The van der Waals surface area contributed by atoms with Gasteiger partial charge in [0.05, 0.1) is 0 Å². The molecule has 2 amide bonds. The third-order valence-corrected chi connectivity index (χ3v) is 6.27. The zero-order valence-corrected chi connectivity index (χ0v) is 16.4. The number of fused-ring (bicyclic) bond motifs is 2. The van der Waals surface area contributed by atoms with Crippen molar-refractivity contribution in [1.82, 2.24) is 10.2 Å². The third-order valence-electron chi connectivity index (χ3n) is 6.27. The van der Waals surface area contributed by atoms with Crippen molar-refractivity contribution >= 4 is 24.2 Å². The Hall–Kier alpha value is -0.810. The maximum absolute atomic E-state index is 13.0. The van der Waals surface area contributed by atoms with E-state index in [1.165, 1.54) is 19.3 Å². The summed E-state index contributed by atoms with van der Waals surface area (Å²) >= 11 is 0. The molecule has 3 atom stereocenters. The molecule has 25 heavy (non-hydrogen) atoms. The maximum atomic E-state index is 13.0. The van der Waals surface area contributed by atoms with Crippen LogP contribution in [0.5, 0.6) is 0 Å². The maximum Gasteiger partial charge on any atom is 0.243 e. The minimum Gasteiger partial charge on any atom is -0.351 e. The summed E-state index contributed by atoms with van der Waals surface area (Å²) in [6.07, 6.45) is 8.50. The van der Waals surface area contributed by atoms with E-state index in [2.05, 4.69) is 5.32 Å². The number of hydrogen-bond acceptors (Lipinski definition) is 3. The monoisotopic (exact) mass is 371 g/mol. The Morgan fingerprint density at radius 2 is 1.68 bits per heavy atom. The van der Waals surface area contributed by atoms with Gasteiger partial charge in [-0.2, -0.15) is 0 Å². The Bertz CT molecular complexity index is 471. The highest BCUT2D eigenvalue weighted by Crippen LogP contribution is 2.39. The minimum absolute atomic E-state index is 0. The van der Waals surface area contributed by atoms with Gasteiger partial charge in [0, 0.05) is 24.5 Å². The zero-order chi connectivity index (χ0) is 17.3. The molecule has 6 heteroatoms. The van der Waals surface area contributed by atoms with E-state index in [9.17, 15) is 9.59 Å². The van der Waals surface area contributed by atoms with Crippen molar-refractivity contribution in [3.05, 3.63) is 0 Å². The second-order valence-corrected chi connectivity index (χ2v) is 8.41. The number of carbonyl (C=O) groups excluding carboxylic acids is 2. The summed E-state index contributed by atoms with van der Waals surface area (Å²) in [7, 11) is 0. The fourth-order valence-electron chi connectivity index (χ4n) is 5.08. The van der Waals surface area contributed by atoms with Crippen LogP contribution in [-0.4, -0.2) is 41.4 Å². The van der Waals surface area contributed by atoms with Gasteiger partial charge in [-0.15, -0.1) is 12.4 Å². The van der Waals surface area contributed by atoms with E-state index in [1.807, 2.05) is 18.7 Å². The second-order valence-electron chi connectivity index (χ2n) is 8.41. The van der Waals surface area contributed by atoms with E-state index in [-0.39, 0.29) is 42.2 Å². The number of nitrogens with two attached hydrogens (primary N) is 1. The fourth-order valence-corrected chi connectivity index (χ4v) is 5.08. The second kappa shape index (κ2) is 8.72. The van der Waals surface area contributed by atoms with Gasteiger partial charge < -0.3 is 16.0 Å². The standard InChI is InChI=1S/C19H33N3O2.ClH/c1-12(2)19(24)22-9-4-3-8-16(22)18(23)21-17-13-6-5-7-14(17)11-15(20)10-13;/h12-17H,3-11,20H2,1-2H3,(H,21,23);1H. The van der Waals surface area contributed by atoms with Crippen LogP contribution in [-0.2, 0) is 9.59 Å². The lowest BCUT2D eigenvalue weighted by Gasteiger charge is -2.46. The number of nitrogens with one attached hydrogen (secondary N) is 1. The van der Waals surface area contributed by atoms with Gasteiger partial charge in [0.25, 0.3) is 0 Å². The molecule has 3 rings (SSSR count). The van der Waals surface area contributed by atoms with E-state index >= 15 is 0 Å². The van der Waals surface area contributed by atoms with E-state index in [0.717, 1.165) is 38.6 Å². The number of piperidine rings is 1. The van der Waals surface area contributed by atoms with Gasteiger partial charge >= 0.3 is 0 Å². The highest BCUT2D eigenvalue weighted by molar-refractivity contribution is 5.88. The fraction of sp³-hybridized carbons (Fsp3) is 0.895. The molecule has 1 heterocycles. The topological polar surface area (TPSA) is 75.4 Å². The predicted molar refractivity (Wildman–Crippen MR) is 101 cm³/mol. The van der Waals surface area contributed by atoms with E-state index in [1.54, 1.807) is 0 Å². The summed E-state index contributed by atoms with van der Waals surface area (Å²) < 4.78 is 0. The molecule has 3 N–H and O–H groups in total. The molecule has 0 radical (unpaired) electrons. The van der Waals surface area contributed by atoms with Gasteiger partial charge in [0.1, 0.15) is 6.04 Å². The third kappa shape index (κ3) is 4.48. The molecule has 1 aliphatic heterocycles. The first-order chi connectivity index (χ1) is 11.5. The number of halogens is 1. The largest absolute Gasteiger partial charge is 0.351 e. The first-order valence-corrected chi connectivity index (χ1v) is 9.83. The lowest BCUT2D eigenvalue weighted by atomic mass is 9.67. The summed E-state index contributed by atoms with van der Waals surface area (Å²) in [6.45, 7) is 4.55. The smallest absolute Gasteiger partial charge is 0.243 e. The lowest BCUT2D eigenvalue weighted by Crippen LogP contribution is -2.59. The molecular formula is C19H34ClN3O2. The molecule has 0 aromatic rings. The summed E-state index contributed by atoms with van der Waals surface area (Å²) in [5.41, 5.74) is 6.19. The summed E-state index contributed by atoms with van der Waals surface area (Å²) in [6, 6.07) is 0.288. The zero-order valence-electron chi connectivity index (χ0n) is 15.6. The molecule has 3 fully saturated rings. The average Bonchev–Trinajstić information content (AvgIpc) is 2.54. The van der Waals surface area contributed by atoms with Crippen molar-refractivity contribution in [1.29, 1.82) is 0 Å². The summed E-state index contributed by atoms with van der Waals surface area (Å²) in [4.78, 5) is 27.3. The van der Waals surface area contributed by atoms with Crippen LogP contribution in [0.1, 0.15) is 65.2 Å². The summed E-state index contributed by atoms with van der Waals surface area (Å²) in [5, 5.41) is 3.35. The molecule has 0 aromatic carbocycles. The Morgan fingerprint density at radius 3 is 2.28 bits per heavy atom. The van der Waals surface area contributed by atoms with E-state index < -0.39 is 0 Å². The van der Waals surface area contributed by atoms with Gasteiger partial charge in [-0.05, 0) is 56.8 Å². The van der Waals surface area contributed by atoms with Crippen molar-refractivity contribution in [2.24, 2.45) is 23.5 Å². The molecule has 2 bridgehead atoms. The van der Waals surface area contributed by atoms with Crippen molar-refractivity contribution in [2.45, 2.75) is 83.3 Å². The van der Waals surface area contributed by atoms with Gasteiger partial charge in [-0.25, -0.2) is 0 Å². The number of rotatable bonds is 3. The Balaban J connectivity index is 0.00000225. The van der Waals surface area contributed by atoms with Crippen molar-refractivity contribution < 1.29 is 9.59 Å². The van der Waals surface area contributed by atoms with E-state index in [0.29, 0.717) is 17.9 Å². The molecular weight excluding hydrogens is 338 g/mol. The molecule has 3 aliphatic rings. The molecule has 0 aromatic heterocycles. The van der Waals surface area contributed by atoms with Crippen LogP contribution in [0.2, 0.25) is 0 Å². The number of likely N-dealkylation sites (tertiary alicyclic amines) is 1. The van der Waals surface area contributed by atoms with Crippen LogP contribution >= 0.6 is 12.4 Å². The van der Waals surface area contributed by atoms with Crippen molar-refractivity contribution in [3.63, 3.8) is 0 Å². The van der Waals surface area contributed by atoms with Gasteiger partial charge in [-0.1, -0.05) is 20.3 Å². The van der Waals surface area contributed by atoms with Crippen LogP contribution in [0.25, 0.3) is 0 Å². The first-order valence-electron chi connectivity index (χ1n) is 9.83. The van der Waals surface area contributed by atoms with Crippen molar-refractivity contribution in [3.8, 4) is 0 Å². The number of carbonyl (C=O) groups is 2. The number of nitrogens with zero attached hydrogens (tertiary/aromatic N) is 1. The quantitative estimate of drug-likeness (QED) is 0.800. The van der Waals surface area contributed by atoms with Crippen LogP contribution in [0, 0.1) is 17.8 Å². The highest BCUT2D eigenvalue weighted by atomic mass is 35.5. The minimum atomic E-state index is -0.273. The van der Waals surface area contributed by atoms with Crippen LogP contribution < -0.4 is 11.1 Å². The van der Waals surface area contributed by atoms with Crippen LogP contribution in [0.3, 0.4) is 0 Å². The molecule has 2 aliphatic carbocycles. The first kappa shape index (κ1) is 20.5. The molecule has 144 valence electrons. The van der Waals surface area contributed by atoms with Crippen LogP contribution in [0.15, 0.2) is 0 Å². The van der Waals surface area contributed by atoms with Gasteiger partial charge in [0.15, 0.2) is 0 Å². The Labute approximate surface area is 157 Å². The highest BCUT2D eigenvalue weighted by Gasteiger charge is 2.42. The van der Waals surface area contributed by atoms with Crippen LogP contribution in [0.4, 0.5) is 0 Å². The Kier molecular flexibility index (Phi) is 7.15. The molecule has 2 saturated carbocycles. The summed E-state index contributed by atoms with van der Waals surface area (Å²) in [5.74, 6) is 1.18. The van der Waals surface area contributed by atoms with Gasteiger partial charge in [0.2, 0.25) is 11.8 Å². The molecule has 1 saturated heterocycles. The SMILES string of the molecule is CC(C)C(=O)N1CCCCC1C(=O)NC1C2CCCC1CC(N)C2.Cl. The average molecular weight is 372 g/mol. The molecule has 5 nitrogen and oxygen atoms in total. The van der Waals surface area contributed by atoms with Gasteiger partial charge in [-0.3, -0.25) is 9.59 Å².